The van der Waals surface area contributed by atoms with Gasteiger partial charge >= 0.3 is 0 Å². The lowest BCUT2D eigenvalue weighted by molar-refractivity contribution is -0.0105. The van der Waals surface area contributed by atoms with Crippen LogP contribution >= 0.6 is 0 Å². The molecule has 2 saturated heterocycles. The van der Waals surface area contributed by atoms with Gasteiger partial charge in [-0.1, -0.05) is 0 Å². The highest BCUT2D eigenvalue weighted by Gasteiger charge is 2.28. The summed E-state index contributed by atoms with van der Waals surface area (Å²) in [6, 6.07) is 0.628. The summed E-state index contributed by atoms with van der Waals surface area (Å²) in [5.74, 6) is 0.646. The first-order valence-corrected chi connectivity index (χ1v) is 7.42. The standard InChI is InChI=1S/C14H28N2O2/c1-3-18-13-4-7-16(8-5-13)10-12-11-17-9-6-14(12)15-2/h12-15H,3-11H2,1-2H3. The number of likely N-dealkylation sites (tertiary alicyclic amines) is 1. The number of hydrogen-bond acceptors (Lipinski definition) is 4. The minimum Gasteiger partial charge on any atom is -0.381 e. The van der Waals surface area contributed by atoms with Crippen LogP contribution in [0, 0.1) is 5.92 Å². The molecule has 0 aromatic heterocycles. The Balaban J connectivity index is 1.73. The third-order valence-corrected chi connectivity index (χ3v) is 4.27. The molecule has 2 unspecified atom stereocenters. The van der Waals surface area contributed by atoms with E-state index in [-0.39, 0.29) is 0 Å². The number of rotatable bonds is 5. The average molecular weight is 256 g/mol. The van der Waals surface area contributed by atoms with Gasteiger partial charge in [-0.05, 0) is 33.2 Å². The third-order valence-electron chi connectivity index (χ3n) is 4.27. The van der Waals surface area contributed by atoms with E-state index in [0.29, 0.717) is 18.1 Å². The molecule has 2 rings (SSSR count). The molecule has 106 valence electrons. The lowest BCUT2D eigenvalue weighted by Crippen LogP contribution is -2.48. The van der Waals surface area contributed by atoms with E-state index in [1.165, 1.54) is 32.5 Å². The Morgan fingerprint density at radius 3 is 2.72 bits per heavy atom. The van der Waals surface area contributed by atoms with E-state index in [2.05, 4.69) is 24.2 Å². The summed E-state index contributed by atoms with van der Waals surface area (Å²) in [4.78, 5) is 2.58. The monoisotopic (exact) mass is 256 g/mol. The number of ether oxygens (including phenoxy) is 2. The molecule has 2 aliphatic rings. The second-order valence-corrected chi connectivity index (χ2v) is 5.47. The Kier molecular flexibility index (Phi) is 5.89. The number of hydrogen-bond donors (Lipinski definition) is 1. The van der Waals surface area contributed by atoms with Gasteiger partial charge in [-0.15, -0.1) is 0 Å². The summed E-state index contributed by atoms with van der Waals surface area (Å²) >= 11 is 0. The molecule has 4 nitrogen and oxygen atoms in total. The molecule has 0 amide bonds. The summed E-state index contributed by atoms with van der Waals surface area (Å²) in [5, 5.41) is 3.44. The fraction of sp³-hybridized carbons (Fsp3) is 1.00. The molecular weight excluding hydrogens is 228 g/mol. The van der Waals surface area contributed by atoms with Crippen LogP contribution in [0.4, 0.5) is 0 Å². The van der Waals surface area contributed by atoms with Crippen molar-refractivity contribution in [3.8, 4) is 0 Å². The lowest BCUT2D eigenvalue weighted by Gasteiger charge is -2.38. The molecule has 2 heterocycles. The van der Waals surface area contributed by atoms with Crippen molar-refractivity contribution in [3.05, 3.63) is 0 Å². The number of nitrogens with zero attached hydrogens (tertiary/aromatic N) is 1. The average Bonchev–Trinajstić information content (AvgIpc) is 2.42. The van der Waals surface area contributed by atoms with Crippen LogP contribution in [0.25, 0.3) is 0 Å². The molecule has 0 radical (unpaired) electrons. The predicted octanol–water partition coefficient (Wildman–Crippen LogP) is 1.11. The van der Waals surface area contributed by atoms with Crippen molar-refractivity contribution in [1.82, 2.24) is 10.2 Å². The zero-order valence-corrected chi connectivity index (χ0v) is 11.9. The number of nitrogens with one attached hydrogen (secondary N) is 1. The van der Waals surface area contributed by atoms with E-state index in [1.54, 1.807) is 0 Å². The normalized spacial score (nSPS) is 31.7. The molecule has 0 aliphatic carbocycles. The van der Waals surface area contributed by atoms with Gasteiger partial charge < -0.3 is 19.7 Å². The topological polar surface area (TPSA) is 33.7 Å². The maximum Gasteiger partial charge on any atom is 0.0599 e. The zero-order valence-electron chi connectivity index (χ0n) is 11.9. The largest absolute Gasteiger partial charge is 0.381 e. The zero-order chi connectivity index (χ0) is 12.8. The third kappa shape index (κ3) is 3.92. The fourth-order valence-electron chi connectivity index (χ4n) is 3.18. The molecular formula is C14H28N2O2. The predicted molar refractivity (Wildman–Crippen MR) is 72.9 cm³/mol. The molecule has 0 spiro atoms. The fourth-order valence-corrected chi connectivity index (χ4v) is 3.18. The van der Waals surface area contributed by atoms with Gasteiger partial charge in [0.25, 0.3) is 0 Å². The first-order chi connectivity index (χ1) is 8.83. The van der Waals surface area contributed by atoms with Gasteiger partial charge in [-0.3, -0.25) is 0 Å². The Labute approximate surface area is 111 Å². The Morgan fingerprint density at radius 2 is 2.06 bits per heavy atom. The maximum absolute atomic E-state index is 5.70. The Hall–Kier alpha value is -0.160. The highest BCUT2D eigenvalue weighted by Crippen LogP contribution is 2.19. The summed E-state index contributed by atoms with van der Waals surface area (Å²) in [6.07, 6.45) is 4.02. The lowest BCUT2D eigenvalue weighted by atomic mass is 9.94. The van der Waals surface area contributed by atoms with E-state index in [1.807, 2.05) is 0 Å². The SMILES string of the molecule is CCOC1CCN(CC2COCCC2NC)CC1. The quantitative estimate of drug-likeness (QED) is 0.799. The van der Waals surface area contributed by atoms with Crippen LogP contribution in [0.3, 0.4) is 0 Å². The van der Waals surface area contributed by atoms with Crippen LogP contribution in [0.2, 0.25) is 0 Å². The van der Waals surface area contributed by atoms with Gasteiger partial charge in [-0.25, -0.2) is 0 Å². The van der Waals surface area contributed by atoms with Gasteiger partial charge in [0.05, 0.1) is 12.7 Å². The van der Waals surface area contributed by atoms with Crippen LogP contribution in [0.1, 0.15) is 26.2 Å². The molecule has 0 aromatic rings. The van der Waals surface area contributed by atoms with Crippen LogP contribution < -0.4 is 5.32 Å². The molecule has 4 heteroatoms. The van der Waals surface area contributed by atoms with E-state index < -0.39 is 0 Å². The second-order valence-electron chi connectivity index (χ2n) is 5.47. The highest BCUT2D eigenvalue weighted by atomic mass is 16.5. The molecule has 18 heavy (non-hydrogen) atoms. The van der Waals surface area contributed by atoms with Gasteiger partial charge in [-0.2, -0.15) is 0 Å². The van der Waals surface area contributed by atoms with Crippen molar-refractivity contribution in [3.63, 3.8) is 0 Å². The summed E-state index contributed by atoms with van der Waals surface area (Å²) < 4.78 is 11.3. The minimum absolute atomic E-state index is 0.494. The minimum atomic E-state index is 0.494. The molecule has 0 aromatic carbocycles. The Morgan fingerprint density at radius 1 is 1.28 bits per heavy atom. The van der Waals surface area contributed by atoms with Crippen molar-refractivity contribution in [2.45, 2.75) is 38.3 Å². The maximum atomic E-state index is 5.70. The summed E-state index contributed by atoms with van der Waals surface area (Å²) in [5.41, 5.74) is 0. The highest BCUT2D eigenvalue weighted by molar-refractivity contribution is 4.83. The van der Waals surface area contributed by atoms with Crippen molar-refractivity contribution >= 4 is 0 Å². The van der Waals surface area contributed by atoms with E-state index in [0.717, 1.165) is 26.2 Å². The van der Waals surface area contributed by atoms with Gasteiger partial charge in [0, 0.05) is 44.8 Å². The summed E-state index contributed by atoms with van der Waals surface area (Å²) in [7, 11) is 2.07. The molecule has 2 fully saturated rings. The molecule has 1 N–H and O–H groups in total. The van der Waals surface area contributed by atoms with Crippen molar-refractivity contribution in [2.24, 2.45) is 5.92 Å². The van der Waals surface area contributed by atoms with E-state index in [9.17, 15) is 0 Å². The second kappa shape index (κ2) is 7.43. The van der Waals surface area contributed by atoms with Crippen molar-refractivity contribution in [2.75, 3.05) is 46.5 Å². The van der Waals surface area contributed by atoms with Gasteiger partial charge in [0.2, 0.25) is 0 Å². The number of piperidine rings is 1. The molecule has 2 atom stereocenters. The Bertz CT molecular complexity index is 230. The van der Waals surface area contributed by atoms with Gasteiger partial charge in [0.1, 0.15) is 0 Å². The van der Waals surface area contributed by atoms with Crippen LogP contribution in [0.15, 0.2) is 0 Å². The summed E-state index contributed by atoms with van der Waals surface area (Å²) in [6.45, 7) is 8.29. The first-order valence-electron chi connectivity index (χ1n) is 7.42. The van der Waals surface area contributed by atoms with Crippen LogP contribution in [0.5, 0.6) is 0 Å². The van der Waals surface area contributed by atoms with E-state index in [4.69, 9.17) is 9.47 Å². The van der Waals surface area contributed by atoms with Crippen molar-refractivity contribution in [1.29, 1.82) is 0 Å². The van der Waals surface area contributed by atoms with Crippen LogP contribution in [-0.2, 0) is 9.47 Å². The first kappa shape index (κ1) is 14.3. The molecule has 0 bridgehead atoms. The van der Waals surface area contributed by atoms with Crippen molar-refractivity contribution < 1.29 is 9.47 Å². The van der Waals surface area contributed by atoms with Gasteiger partial charge in [0.15, 0.2) is 0 Å². The smallest absolute Gasteiger partial charge is 0.0599 e. The molecule has 0 saturated carbocycles. The van der Waals surface area contributed by atoms with Crippen LogP contribution in [-0.4, -0.2) is 63.5 Å². The molecule has 2 aliphatic heterocycles. The van der Waals surface area contributed by atoms with E-state index >= 15 is 0 Å².